The Hall–Kier alpha value is -0.630. The van der Waals surface area contributed by atoms with E-state index in [0.29, 0.717) is 29.8 Å². The van der Waals surface area contributed by atoms with Crippen molar-refractivity contribution in [3.8, 4) is 0 Å². The molecular formula is C21H29ClO2. The van der Waals surface area contributed by atoms with Crippen LogP contribution in [0.5, 0.6) is 0 Å². The Labute approximate surface area is 150 Å². The van der Waals surface area contributed by atoms with Crippen LogP contribution >= 0.6 is 11.6 Å². The molecule has 3 fully saturated rings. The van der Waals surface area contributed by atoms with Crippen molar-refractivity contribution in [3.63, 3.8) is 0 Å². The summed E-state index contributed by atoms with van der Waals surface area (Å²) in [6.45, 7) is 6.41. The monoisotopic (exact) mass is 348 g/mol. The van der Waals surface area contributed by atoms with Crippen molar-refractivity contribution >= 4 is 23.2 Å². The molecule has 0 aromatic carbocycles. The van der Waals surface area contributed by atoms with Gasteiger partial charge in [-0.05, 0) is 80.6 Å². The lowest BCUT2D eigenvalue weighted by Crippen LogP contribution is -2.58. The van der Waals surface area contributed by atoms with Crippen LogP contribution < -0.4 is 0 Å². The van der Waals surface area contributed by atoms with Gasteiger partial charge in [0.2, 0.25) is 0 Å². The molecule has 0 heterocycles. The predicted octanol–water partition coefficient (Wildman–Crippen LogP) is 5.08. The number of carbonyl (C=O) groups excluding carboxylic acids is 2. The predicted molar refractivity (Wildman–Crippen MR) is 96.0 cm³/mol. The SMILES string of the molecule is CC(=O)[C@@H]1CC[C@]2(Cl)[C@@H]3CCC4=CC(=O)CC[C@]4(C)[C@H]3CC[C@]12C. The zero-order chi connectivity index (χ0) is 17.3. The van der Waals surface area contributed by atoms with Crippen molar-refractivity contribution in [1.82, 2.24) is 0 Å². The number of rotatable bonds is 1. The second-order valence-corrected chi connectivity index (χ2v) is 10.0. The van der Waals surface area contributed by atoms with Crippen molar-refractivity contribution in [3.05, 3.63) is 11.6 Å². The van der Waals surface area contributed by atoms with Crippen LogP contribution in [0.1, 0.15) is 72.1 Å². The lowest BCUT2D eigenvalue weighted by Gasteiger charge is -2.61. The number of halogens is 1. The van der Waals surface area contributed by atoms with Gasteiger partial charge in [-0.25, -0.2) is 0 Å². The number of allylic oxidation sites excluding steroid dienone is 1. The molecule has 6 atom stereocenters. The molecule has 24 heavy (non-hydrogen) atoms. The third kappa shape index (κ3) is 1.95. The third-order valence-corrected chi connectivity index (χ3v) is 9.46. The number of fused-ring (bicyclic) bond motifs is 5. The van der Waals surface area contributed by atoms with E-state index < -0.39 is 0 Å². The maximum atomic E-state index is 12.2. The van der Waals surface area contributed by atoms with E-state index in [4.69, 9.17) is 11.6 Å². The van der Waals surface area contributed by atoms with E-state index in [2.05, 4.69) is 13.8 Å². The molecule has 4 rings (SSSR count). The van der Waals surface area contributed by atoms with E-state index in [1.54, 1.807) is 6.92 Å². The highest BCUT2D eigenvalue weighted by atomic mass is 35.5. The first-order valence-electron chi connectivity index (χ1n) is 9.66. The number of Topliss-reactive ketones (excluding diaryl/α,β-unsaturated/α-hetero) is 1. The summed E-state index contributed by atoms with van der Waals surface area (Å²) in [6, 6.07) is 0. The van der Waals surface area contributed by atoms with Crippen LogP contribution in [0.15, 0.2) is 11.6 Å². The van der Waals surface area contributed by atoms with Gasteiger partial charge in [-0.1, -0.05) is 19.4 Å². The minimum atomic E-state index is -0.234. The fourth-order valence-electron chi connectivity index (χ4n) is 7.13. The minimum Gasteiger partial charge on any atom is -0.300 e. The van der Waals surface area contributed by atoms with E-state index in [9.17, 15) is 9.59 Å². The van der Waals surface area contributed by atoms with Gasteiger partial charge >= 0.3 is 0 Å². The zero-order valence-electron chi connectivity index (χ0n) is 15.2. The van der Waals surface area contributed by atoms with Gasteiger partial charge in [-0.3, -0.25) is 9.59 Å². The molecule has 0 N–H and O–H groups in total. The van der Waals surface area contributed by atoms with Crippen molar-refractivity contribution in [2.75, 3.05) is 0 Å². The van der Waals surface area contributed by atoms with Crippen LogP contribution in [0, 0.1) is 28.6 Å². The highest BCUT2D eigenvalue weighted by molar-refractivity contribution is 6.25. The highest BCUT2D eigenvalue weighted by Gasteiger charge is 2.67. The summed E-state index contributed by atoms with van der Waals surface area (Å²) in [4.78, 5) is 23.9. The number of hydrogen-bond acceptors (Lipinski definition) is 2. The number of ketones is 2. The molecule has 0 aliphatic heterocycles. The molecule has 0 bridgehead atoms. The lowest BCUT2D eigenvalue weighted by atomic mass is 9.46. The zero-order valence-corrected chi connectivity index (χ0v) is 15.9. The molecular weight excluding hydrogens is 320 g/mol. The number of alkyl halides is 1. The van der Waals surface area contributed by atoms with Gasteiger partial charge in [-0.2, -0.15) is 0 Å². The van der Waals surface area contributed by atoms with Crippen molar-refractivity contribution in [1.29, 1.82) is 0 Å². The summed E-state index contributed by atoms with van der Waals surface area (Å²) in [5, 5.41) is 0. The van der Waals surface area contributed by atoms with Crippen LogP contribution in [-0.4, -0.2) is 16.4 Å². The highest BCUT2D eigenvalue weighted by Crippen LogP contribution is 2.70. The largest absolute Gasteiger partial charge is 0.300 e. The third-order valence-electron chi connectivity index (χ3n) is 8.56. The van der Waals surface area contributed by atoms with E-state index in [1.165, 1.54) is 5.57 Å². The van der Waals surface area contributed by atoms with E-state index in [-0.39, 0.29) is 21.6 Å². The summed E-state index contributed by atoms with van der Waals surface area (Å²) in [5.74, 6) is 1.82. The van der Waals surface area contributed by atoms with E-state index in [0.717, 1.165) is 44.9 Å². The van der Waals surface area contributed by atoms with Crippen LogP contribution in [0.3, 0.4) is 0 Å². The van der Waals surface area contributed by atoms with Gasteiger partial charge in [0.05, 0.1) is 4.87 Å². The Morgan fingerprint density at radius 2 is 1.83 bits per heavy atom. The molecule has 4 aliphatic carbocycles. The summed E-state index contributed by atoms with van der Waals surface area (Å²) in [7, 11) is 0. The first-order valence-corrected chi connectivity index (χ1v) is 10.0. The molecule has 0 aromatic rings. The first kappa shape index (κ1) is 16.8. The van der Waals surface area contributed by atoms with Crippen molar-refractivity contribution in [2.24, 2.45) is 28.6 Å². The molecule has 4 aliphatic rings. The number of carbonyl (C=O) groups is 2. The van der Waals surface area contributed by atoms with Crippen LogP contribution in [-0.2, 0) is 9.59 Å². The van der Waals surface area contributed by atoms with Crippen LogP contribution in [0.4, 0.5) is 0 Å². The molecule has 132 valence electrons. The maximum Gasteiger partial charge on any atom is 0.155 e. The summed E-state index contributed by atoms with van der Waals surface area (Å²) < 4.78 is 0. The molecule has 0 unspecified atom stereocenters. The van der Waals surface area contributed by atoms with Gasteiger partial charge in [0.1, 0.15) is 5.78 Å². The van der Waals surface area contributed by atoms with Gasteiger partial charge in [-0.15, -0.1) is 11.6 Å². The summed E-state index contributed by atoms with van der Waals surface area (Å²) in [5.41, 5.74) is 1.47. The second-order valence-electron chi connectivity index (χ2n) is 9.33. The summed E-state index contributed by atoms with van der Waals surface area (Å²) in [6.07, 6.45) is 9.86. The average Bonchev–Trinajstić information content (AvgIpc) is 2.80. The summed E-state index contributed by atoms with van der Waals surface area (Å²) >= 11 is 7.41. The molecule has 3 heteroatoms. The normalized spacial score (nSPS) is 50.6. The van der Waals surface area contributed by atoms with Gasteiger partial charge in [0.15, 0.2) is 5.78 Å². The molecule has 0 radical (unpaired) electrons. The average molecular weight is 349 g/mol. The Balaban J connectivity index is 1.73. The standard InChI is InChI=1S/C21H29ClO2/c1-13(23)16-8-11-21(22)18-5-4-14-12-15(24)6-9-19(14,2)17(18)7-10-20(16,21)3/h12,16-18H,4-11H2,1-3H3/t16-,17-,18+,19-,20+,21-/m0/s1. The smallest absolute Gasteiger partial charge is 0.155 e. The topological polar surface area (TPSA) is 34.1 Å². The molecule has 3 saturated carbocycles. The Bertz CT molecular complexity index is 638. The molecule has 0 spiro atoms. The fourth-order valence-corrected chi connectivity index (χ4v) is 7.72. The lowest BCUT2D eigenvalue weighted by molar-refractivity contribution is -0.127. The quantitative estimate of drug-likeness (QED) is 0.619. The molecule has 2 nitrogen and oxygen atoms in total. The minimum absolute atomic E-state index is 0.0520. The van der Waals surface area contributed by atoms with Crippen molar-refractivity contribution in [2.45, 2.75) is 77.0 Å². The first-order chi connectivity index (χ1) is 11.2. The Morgan fingerprint density at radius 3 is 2.54 bits per heavy atom. The second kappa shape index (κ2) is 5.19. The number of hydrogen-bond donors (Lipinski definition) is 0. The fraction of sp³-hybridized carbons (Fsp3) is 0.810. The molecule has 0 aromatic heterocycles. The van der Waals surface area contributed by atoms with E-state index in [1.807, 2.05) is 6.08 Å². The van der Waals surface area contributed by atoms with E-state index >= 15 is 0 Å². The molecule has 0 amide bonds. The van der Waals surface area contributed by atoms with Gasteiger partial charge in [0.25, 0.3) is 0 Å². The Kier molecular flexibility index (Phi) is 3.64. The van der Waals surface area contributed by atoms with Crippen molar-refractivity contribution < 1.29 is 9.59 Å². The van der Waals surface area contributed by atoms with Gasteiger partial charge < -0.3 is 0 Å². The maximum absolute atomic E-state index is 12.2. The Morgan fingerprint density at radius 1 is 1.08 bits per heavy atom. The van der Waals surface area contributed by atoms with Crippen LogP contribution in [0.2, 0.25) is 0 Å². The van der Waals surface area contributed by atoms with Crippen LogP contribution in [0.25, 0.3) is 0 Å². The van der Waals surface area contributed by atoms with Gasteiger partial charge in [0, 0.05) is 12.3 Å². The molecule has 0 saturated heterocycles.